The molecule has 0 radical (unpaired) electrons. The molecule has 0 unspecified atom stereocenters. The van der Waals surface area contributed by atoms with Crippen molar-refractivity contribution in [3.05, 3.63) is 58.1 Å². The van der Waals surface area contributed by atoms with Gasteiger partial charge in [0, 0.05) is 41.1 Å². The maximum absolute atomic E-state index is 13.6. The molecule has 1 aliphatic carbocycles. The maximum Gasteiger partial charge on any atom is 0.127 e. The fraction of sp³-hybridized carbons (Fsp3) is 0.312. The number of hydrogen-bond donors (Lipinski definition) is 1. The lowest BCUT2D eigenvalue weighted by molar-refractivity contribution is 0.303. The molecular weight excluding hydrogens is 335 g/mol. The standard InChI is InChI=1S/C16H16BrFN2O/c17-13-3-12(7-19-9-13)10-21-16-5-11(4-14(18)6-16)8-20-15-1-2-15/h3-7,9,15,20H,1-2,8,10H2. The molecule has 110 valence electrons. The minimum atomic E-state index is -0.271. The van der Waals surface area contributed by atoms with Gasteiger partial charge in [-0.2, -0.15) is 0 Å². The second-order valence-corrected chi connectivity index (χ2v) is 6.17. The topological polar surface area (TPSA) is 34.1 Å². The van der Waals surface area contributed by atoms with Crippen molar-refractivity contribution in [2.45, 2.75) is 32.0 Å². The van der Waals surface area contributed by atoms with Gasteiger partial charge in [-0.25, -0.2) is 4.39 Å². The van der Waals surface area contributed by atoms with Crippen molar-refractivity contribution in [3.8, 4) is 5.75 Å². The molecule has 1 fully saturated rings. The molecule has 21 heavy (non-hydrogen) atoms. The predicted octanol–water partition coefficient (Wildman–Crippen LogP) is 3.81. The number of ether oxygens (including phenoxy) is 1. The van der Waals surface area contributed by atoms with Crippen LogP contribution in [-0.2, 0) is 13.2 Å². The summed E-state index contributed by atoms with van der Waals surface area (Å²) in [6, 6.07) is 7.37. The Balaban J connectivity index is 1.63. The molecule has 3 nitrogen and oxygen atoms in total. The largest absolute Gasteiger partial charge is 0.489 e. The van der Waals surface area contributed by atoms with Crippen molar-refractivity contribution in [1.29, 1.82) is 0 Å². The summed E-state index contributed by atoms with van der Waals surface area (Å²) in [6.07, 6.45) is 5.88. The molecule has 0 saturated heterocycles. The summed E-state index contributed by atoms with van der Waals surface area (Å²) in [7, 11) is 0. The third-order valence-electron chi connectivity index (χ3n) is 3.27. The van der Waals surface area contributed by atoms with Crippen molar-refractivity contribution in [3.63, 3.8) is 0 Å². The van der Waals surface area contributed by atoms with E-state index in [2.05, 4.69) is 26.2 Å². The van der Waals surface area contributed by atoms with Gasteiger partial charge >= 0.3 is 0 Å². The molecule has 1 heterocycles. The van der Waals surface area contributed by atoms with Gasteiger partial charge in [-0.3, -0.25) is 4.98 Å². The van der Waals surface area contributed by atoms with Crippen LogP contribution in [0.2, 0.25) is 0 Å². The van der Waals surface area contributed by atoms with Gasteiger partial charge < -0.3 is 10.1 Å². The molecule has 0 aliphatic heterocycles. The Bertz CT molecular complexity index is 631. The van der Waals surface area contributed by atoms with E-state index in [1.54, 1.807) is 18.5 Å². The Morgan fingerprint density at radius 1 is 1.19 bits per heavy atom. The molecule has 1 aliphatic rings. The SMILES string of the molecule is Fc1cc(CNC2CC2)cc(OCc2cncc(Br)c2)c1. The molecule has 1 aromatic heterocycles. The molecule has 1 N–H and O–H groups in total. The van der Waals surface area contributed by atoms with E-state index in [0.29, 0.717) is 24.9 Å². The van der Waals surface area contributed by atoms with E-state index in [1.807, 2.05) is 12.1 Å². The molecule has 0 amide bonds. The van der Waals surface area contributed by atoms with Crippen molar-refractivity contribution in [2.24, 2.45) is 0 Å². The van der Waals surface area contributed by atoms with Crippen molar-refractivity contribution in [1.82, 2.24) is 10.3 Å². The highest BCUT2D eigenvalue weighted by Crippen LogP contribution is 2.22. The van der Waals surface area contributed by atoms with Gasteiger partial charge in [0.2, 0.25) is 0 Å². The Morgan fingerprint density at radius 3 is 2.81 bits per heavy atom. The van der Waals surface area contributed by atoms with Gasteiger partial charge in [-0.15, -0.1) is 0 Å². The second kappa shape index (κ2) is 6.54. The minimum Gasteiger partial charge on any atom is -0.489 e. The highest BCUT2D eigenvalue weighted by Gasteiger charge is 2.20. The Kier molecular flexibility index (Phi) is 4.51. The van der Waals surface area contributed by atoms with Crippen molar-refractivity contribution >= 4 is 15.9 Å². The van der Waals surface area contributed by atoms with Crippen LogP contribution < -0.4 is 10.1 Å². The van der Waals surface area contributed by atoms with E-state index >= 15 is 0 Å². The quantitative estimate of drug-likeness (QED) is 0.859. The van der Waals surface area contributed by atoms with Crippen LogP contribution in [0.3, 0.4) is 0 Å². The van der Waals surface area contributed by atoms with Crippen molar-refractivity contribution < 1.29 is 9.13 Å². The fourth-order valence-corrected chi connectivity index (χ4v) is 2.47. The van der Waals surface area contributed by atoms with Crippen LogP contribution in [0, 0.1) is 5.82 Å². The van der Waals surface area contributed by atoms with Gasteiger partial charge in [-0.05, 0) is 52.5 Å². The average molecular weight is 351 g/mol. The normalized spacial score (nSPS) is 14.2. The van der Waals surface area contributed by atoms with E-state index in [9.17, 15) is 4.39 Å². The predicted molar refractivity (Wildman–Crippen MR) is 82.5 cm³/mol. The first-order valence-corrected chi connectivity index (χ1v) is 7.73. The molecule has 5 heteroatoms. The number of benzene rings is 1. The van der Waals surface area contributed by atoms with Gasteiger partial charge in [0.25, 0.3) is 0 Å². The maximum atomic E-state index is 13.6. The summed E-state index contributed by atoms with van der Waals surface area (Å²) in [6.45, 7) is 1.04. The van der Waals surface area contributed by atoms with Crippen LogP contribution in [0.25, 0.3) is 0 Å². The van der Waals surface area contributed by atoms with Crippen LogP contribution in [0.1, 0.15) is 24.0 Å². The third kappa shape index (κ3) is 4.51. The zero-order valence-electron chi connectivity index (χ0n) is 11.5. The zero-order chi connectivity index (χ0) is 14.7. The summed E-state index contributed by atoms with van der Waals surface area (Å²) in [5.74, 6) is 0.273. The fourth-order valence-electron chi connectivity index (χ4n) is 2.06. The molecular formula is C16H16BrFN2O. The van der Waals surface area contributed by atoms with E-state index < -0.39 is 0 Å². The molecule has 0 bridgehead atoms. The van der Waals surface area contributed by atoms with Gasteiger partial charge in [0.05, 0.1) is 0 Å². The van der Waals surface area contributed by atoms with Crippen LogP contribution >= 0.6 is 15.9 Å². The Morgan fingerprint density at radius 2 is 2.05 bits per heavy atom. The lowest BCUT2D eigenvalue weighted by Gasteiger charge is -2.09. The number of rotatable bonds is 6. The summed E-state index contributed by atoms with van der Waals surface area (Å²) in [4.78, 5) is 4.08. The highest BCUT2D eigenvalue weighted by molar-refractivity contribution is 9.10. The molecule has 0 atom stereocenters. The lowest BCUT2D eigenvalue weighted by atomic mass is 10.2. The van der Waals surface area contributed by atoms with Crippen molar-refractivity contribution in [2.75, 3.05) is 0 Å². The summed E-state index contributed by atoms with van der Waals surface area (Å²) >= 11 is 3.37. The molecule has 3 rings (SSSR count). The zero-order valence-corrected chi connectivity index (χ0v) is 13.1. The lowest BCUT2D eigenvalue weighted by Crippen LogP contribution is -2.15. The van der Waals surface area contributed by atoms with E-state index in [1.165, 1.54) is 18.9 Å². The summed E-state index contributed by atoms with van der Waals surface area (Å²) < 4.78 is 20.2. The third-order valence-corrected chi connectivity index (χ3v) is 3.70. The van der Waals surface area contributed by atoms with E-state index in [4.69, 9.17) is 4.74 Å². The minimum absolute atomic E-state index is 0.271. The van der Waals surface area contributed by atoms with E-state index in [0.717, 1.165) is 15.6 Å². The number of pyridine rings is 1. The summed E-state index contributed by atoms with van der Waals surface area (Å²) in [5.41, 5.74) is 1.84. The second-order valence-electron chi connectivity index (χ2n) is 5.25. The van der Waals surface area contributed by atoms with Crippen LogP contribution in [0.5, 0.6) is 5.75 Å². The van der Waals surface area contributed by atoms with E-state index in [-0.39, 0.29) is 5.82 Å². The number of hydrogen-bond acceptors (Lipinski definition) is 3. The highest BCUT2D eigenvalue weighted by atomic mass is 79.9. The van der Waals surface area contributed by atoms with Gasteiger partial charge in [0.15, 0.2) is 0 Å². The smallest absolute Gasteiger partial charge is 0.127 e. The van der Waals surface area contributed by atoms with Crippen LogP contribution in [0.4, 0.5) is 4.39 Å². The first kappa shape index (κ1) is 14.5. The molecule has 0 spiro atoms. The number of halogens is 2. The monoisotopic (exact) mass is 350 g/mol. The number of nitrogens with one attached hydrogen (secondary N) is 1. The van der Waals surface area contributed by atoms with Gasteiger partial charge in [0.1, 0.15) is 18.2 Å². The first-order chi connectivity index (χ1) is 10.2. The Labute approximate surface area is 131 Å². The van der Waals surface area contributed by atoms with Gasteiger partial charge in [-0.1, -0.05) is 0 Å². The summed E-state index contributed by atoms with van der Waals surface area (Å²) in [5, 5.41) is 3.37. The average Bonchev–Trinajstić information content (AvgIpc) is 3.27. The van der Waals surface area contributed by atoms with Crippen LogP contribution in [-0.4, -0.2) is 11.0 Å². The first-order valence-electron chi connectivity index (χ1n) is 6.94. The van der Waals surface area contributed by atoms with Crippen LogP contribution in [0.15, 0.2) is 41.1 Å². The molecule has 2 aromatic rings. The molecule has 1 saturated carbocycles. The number of nitrogens with zero attached hydrogens (tertiary/aromatic N) is 1. The number of aromatic nitrogens is 1. The Hall–Kier alpha value is -1.46. The molecule has 1 aromatic carbocycles.